The first-order chi connectivity index (χ1) is 13.1. The van der Waals surface area contributed by atoms with E-state index in [0.717, 1.165) is 42.4 Å². The number of phenolic OH excluding ortho intramolecular Hbond substituents is 1. The molecular weight excluding hydrogens is 342 g/mol. The highest BCUT2D eigenvalue weighted by molar-refractivity contribution is 6.06. The molecule has 0 radical (unpaired) electrons. The van der Waals surface area contributed by atoms with Crippen LogP contribution in [0.5, 0.6) is 5.75 Å². The first kappa shape index (κ1) is 17.0. The molecule has 0 atom stereocenters. The Hall–Kier alpha value is -3.41. The molecule has 1 aliphatic carbocycles. The Morgan fingerprint density at radius 3 is 2.56 bits per heavy atom. The summed E-state index contributed by atoms with van der Waals surface area (Å²) in [6, 6.07) is 13.7. The number of aryl methyl sites for hydroxylation is 2. The van der Waals surface area contributed by atoms with Crippen molar-refractivity contribution in [2.45, 2.75) is 25.7 Å². The number of hydrogen-bond acceptors (Lipinski definition) is 4. The number of aromatic hydroxyl groups is 1. The lowest BCUT2D eigenvalue weighted by Crippen LogP contribution is -2.14. The molecule has 0 fully saturated rings. The minimum absolute atomic E-state index is 0.00612. The maximum absolute atomic E-state index is 12.7. The predicted molar refractivity (Wildman–Crippen MR) is 103 cm³/mol. The van der Waals surface area contributed by atoms with Gasteiger partial charge in [0.2, 0.25) is 0 Å². The quantitative estimate of drug-likeness (QED) is 0.667. The molecule has 6 heteroatoms. The maximum atomic E-state index is 12.7. The second-order valence-electron chi connectivity index (χ2n) is 6.69. The fraction of sp³-hybridized carbons (Fsp3) is 0.190. The zero-order valence-electron chi connectivity index (χ0n) is 14.7. The molecule has 1 aromatic heterocycles. The third-order valence-electron chi connectivity index (χ3n) is 4.80. The molecule has 1 aliphatic rings. The average molecular weight is 361 g/mol. The number of nitrogens with one attached hydrogen (secondary N) is 2. The zero-order valence-corrected chi connectivity index (χ0v) is 14.7. The molecule has 6 nitrogen and oxygen atoms in total. The van der Waals surface area contributed by atoms with Crippen molar-refractivity contribution in [3.8, 4) is 17.0 Å². The van der Waals surface area contributed by atoms with Crippen LogP contribution < -0.4 is 10.9 Å². The highest BCUT2D eigenvalue weighted by atomic mass is 16.3. The number of carbonyl (C=O) groups is 1. The fourth-order valence-electron chi connectivity index (χ4n) is 3.41. The predicted octanol–water partition coefficient (Wildman–Crippen LogP) is 3.27. The summed E-state index contributed by atoms with van der Waals surface area (Å²) in [5.41, 5.74) is 4.22. The number of nitrogens with zero attached hydrogens (tertiary/aromatic N) is 1. The van der Waals surface area contributed by atoms with E-state index in [1.165, 1.54) is 6.07 Å². The molecule has 0 bridgehead atoms. The number of benzene rings is 2. The van der Waals surface area contributed by atoms with Crippen LogP contribution in [-0.2, 0) is 12.8 Å². The van der Waals surface area contributed by atoms with Gasteiger partial charge in [0.05, 0.1) is 11.3 Å². The Bertz CT molecular complexity index is 1050. The van der Waals surface area contributed by atoms with Gasteiger partial charge >= 0.3 is 0 Å². The van der Waals surface area contributed by atoms with Crippen LogP contribution >= 0.6 is 0 Å². The zero-order chi connectivity index (χ0) is 18.8. The number of hydrogen-bond donors (Lipinski definition) is 3. The van der Waals surface area contributed by atoms with E-state index in [4.69, 9.17) is 0 Å². The van der Waals surface area contributed by atoms with Gasteiger partial charge in [0.1, 0.15) is 5.75 Å². The number of anilines is 1. The Morgan fingerprint density at radius 1 is 1.04 bits per heavy atom. The van der Waals surface area contributed by atoms with Crippen molar-refractivity contribution in [1.82, 2.24) is 10.2 Å². The van der Waals surface area contributed by atoms with E-state index < -0.39 is 0 Å². The number of fused-ring (bicyclic) bond motifs is 1. The summed E-state index contributed by atoms with van der Waals surface area (Å²) >= 11 is 0. The number of H-pyrrole nitrogens is 1. The van der Waals surface area contributed by atoms with Crippen molar-refractivity contribution in [2.75, 3.05) is 5.32 Å². The van der Waals surface area contributed by atoms with E-state index in [9.17, 15) is 14.7 Å². The lowest BCUT2D eigenvalue weighted by atomic mass is 9.90. The first-order valence-corrected chi connectivity index (χ1v) is 8.92. The topological polar surface area (TPSA) is 95.1 Å². The van der Waals surface area contributed by atoms with Gasteiger partial charge in [0.15, 0.2) is 0 Å². The van der Waals surface area contributed by atoms with Crippen LogP contribution in [-0.4, -0.2) is 21.2 Å². The van der Waals surface area contributed by atoms with Gasteiger partial charge in [-0.1, -0.05) is 12.1 Å². The van der Waals surface area contributed by atoms with E-state index in [2.05, 4.69) is 15.5 Å². The standard InChI is InChI=1S/C21H19N3O3/c25-19-12-14-5-2-1-4-13(14)11-17(19)21(27)22-16-7-3-6-15(10-16)18-8-9-20(26)24-23-18/h3,6-12,25H,1-2,4-5H2,(H,22,27)(H,24,26). The Kier molecular flexibility index (Phi) is 4.46. The summed E-state index contributed by atoms with van der Waals surface area (Å²) < 4.78 is 0. The largest absolute Gasteiger partial charge is 0.507 e. The van der Waals surface area contributed by atoms with Crippen LogP contribution in [0.4, 0.5) is 5.69 Å². The van der Waals surface area contributed by atoms with Crippen molar-refractivity contribution in [3.05, 3.63) is 75.6 Å². The Morgan fingerprint density at radius 2 is 1.81 bits per heavy atom. The molecule has 3 aromatic rings. The van der Waals surface area contributed by atoms with Crippen molar-refractivity contribution in [3.63, 3.8) is 0 Å². The van der Waals surface area contributed by atoms with Crippen LogP contribution in [0, 0.1) is 0 Å². The number of carbonyl (C=O) groups excluding carboxylic acids is 1. The molecule has 3 N–H and O–H groups in total. The van der Waals surface area contributed by atoms with Gasteiger partial charge in [0.25, 0.3) is 11.5 Å². The van der Waals surface area contributed by atoms with Gasteiger partial charge in [-0.15, -0.1) is 0 Å². The number of aromatic amines is 1. The van der Waals surface area contributed by atoms with Crippen LogP contribution in [0.15, 0.2) is 53.3 Å². The second kappa shape index (κ2) is 7.07. The van der Waals surface area contributed by atoms with Crippen LogP contribution in [0.1, 0.15) is 34.3 Å². The minimum Gasteiger partial charge on any atom is -0.507 e. The Balaban J connectivity index is 1.59. The van der Waals surface area contributed by atoms with Crippen LogP contribution in [0.25, 0.3) is 11.3 Å². The SMILES string of the molecule is O=C(Nc1cccc(-c2ccc(=O)[nH]n2)c1)c1cc2c(cc1O)CCCC2. The van der Waals surface area contributed by atoms with Gasteiger partial charge in [-0.25, -0.2) is 5.10 Å². The van der Waals surface area contributed by atoms with Gasteiger partial charge < -0.3 is 10.4 Å². The molecule has 27 heavy (non-hydrogen) atoms. The third kappa shape index (κ3) is 3.60. The van der Waals surface area contributed by atoms with Gasteiger partial charge in [-0.2, -0.15) is 5.10 Å². The molecule has 136 valence electrons. The third-order valence-corrected chi connectivity index (χ3v) is 4.80. The summed E-state index contributed by atoms with van der Waals surface area (Å²) in [5.74, 6) is -0.348. The normalized spacial score (nSPS) is 13.0. The number of rotatable bonds is 3. The van der Waals surface area contributed by atoms with E-state index in [-0.39, 0.29) is 22.8 Å². The smallest absolute Gasteiger partial charge is 0.264 e. The number of phenols is 1. The summed E-state index contributed by atoms with van der Waals surface area (Å²) in [6.45, 7) is 0. The summed E-state index contributed by atoms with van der Waals surface area (Å²) in [4.78, 5) is 23.8. The monoisotopic (exact) mass is 361 g/mol. The van der Waals surface area contributed by atoms with E-state index in [0.29, 0.717) is 11.4 Å². The van der Waals surface area contributed by atoms with Gasteiger partial charge in [-0.05, 0) is 67.1 Å². The fourth-order valence-corrected chi connectivity index (χ4v) is 3.41. The lowest BCUT2D eigenvalue weighted by Gasteiger charge is -2.17. The number of amides is 1. The molecule has 2 aromatic carbocycles. The average Bonchev–Trinajstić information content (AvgIpc) is 2.68. The molecule has 1 heterocycles. The number of aromatic nitrogens is 2. The van der Waals surface area contributed by atoms with E-state index in [1.807, 2.05) is 6.07 Å². The molecule has 0 aliphatic heterocycles. The second-order valence-corrected chi connectivity index (χ2v) is 6.69. The van der Waals surface area contributed by atoms with E-state index in [1.54, 1.807) is 36.4 Å². The van der Waals surface area contributed by atoms with Crippen molar-refractivity contribution in [2.24, 2.45) is 0 Å². The van der Waals surface area contributed by atoms with Crippen molar-refractivity contribution < 1.29 is 9.90 Å². The molecule has 0 unspecified atom stereocenters. The minimum atomic E-state index is -0.354. The van der Waals surface area contributed by atoms with Crippen molar-refractivity contribution in [1.29, 1.82) is 0 Å². The maximum Gasteiger partial charge on any atom is 0.264 e. The molecule has 0 spiro atoms. The molecule has 4 rings (SSSR count). The highest BCUT2D eigenvalue weighted by Crippen LogP contribution is 2.29. The van der Waals surface area contributed by atoms with Crippen LogP contribution in [0.3, 0.4) is 0 Å². The van der Waals surface area contributed by atoms with Crippen LogP contribution in [0.2, 0.25) is 0 Å². The summed E-state index contributed by atoms with van der Waals surface area (Å²) in [5, 5.41) is 19.5. The lowest BCUT2D eigenvalue weighted by molar-refractivity contribution is 0.102. The first-order valence-electron chi connectivity index (χ1n) is 8.92. The van der Waals surface area contributed by atoms with E-state index >= 15 is 0 Å². The molecule has 0 saturated heterocycles. The van der Waals surface area contributed by atoms with Gasteiger partial charge in [0, 0.05) is 17.3 Å². The summed E-state index contributed by atoms with van der Waals surface area (Å²) in [6.07, 6.45) is 4.10. The van der Waals surface area contributed by atoms with Crippen molar-refractivity contribution >= 4 is 11.6 Å². The molecule has 1 amide bonds. The molecule has 0 saturated carbocycles. The summed E-state index contributed by atoms with van der Waals surface area (Å²) in [7, 11) is 0. The molecular formula is C21H19N3O3. The Labute approximate surface area is 155 Å². The highest BCUT2D eigenvalue weighted by Gasteiger charge is 2.17. The van der Waals surface area contributed by atoms with Gasteiger partial charge in [-0.3, -0.25) is 9.59 Å².